The molecule has 2 aromatic rings. The molecule has 114 valence electrons. The monoisotopic (exact) mass is 289 g/mol. The summed E-state index contributed by atoms with van der Waals surface area (Å²) in [6.45, 7) is 12.1. The molecule has 5 heteroatoms. The molecule has 0 atom stereocenters. The summed E-state index contributed by atoms with van der Waals surface area (Å²) in [4.78, 5) is 8.91. The second kappa shape index (κ2) is 5.39. The van der Waals surface area contributed by atoms with Gasteiger partial charge in [0.1, 0.15) is 0 Å². The Morgan fingerprint density at radius 3 is 2.10 bits per heavy atom. The Hall–Kier alpha value is -2.04. The summed E-state index contributed by atoms with van der Waals surface area (Å²) < 4.78 is 13.1. The van der Waals surface area contributed by atoms with E-state index in [-0.39, 0.29) is 16.8 Å². The van der Waals surface area contributed by atoms with Gasteiger partial charge >= 0.3 is 11.4 Å². The fourth-order valence-electron chi connectivity index (χ4n) is 1.69. The molecule has 0 aliphatic carbocycles. The highest BCUT2D eigenvalue weighted by Crippen LogP contribution is 2.12. The number of nitrogens with zero attached hydrogens (tertiary/aromatic N) is 3. The second-order valence-electron chi connectivity index (χ2n) is 6.94. The first-order chi connectivity index (χ1) is 9.65. The molecular formula is C16H23N3O2. The van der Waals surface area contributed by atoms with Gasteiger partial charge in [-0.2, -0.15) is 4.99 Å². The first-order valence-corrected chi connectivity index (χ1v) is 7.05. The molecule has 1 heterocycles. The summed E-state index contributed by atoms with van der Waals surface area (Å²) in [5, 5.41) is 0. The lowest BCUT2D eigenvalue weighted by molar-refractivity contribution is 0.140. The topological polar surface area (TPSA) is 55.9 Å². The van der Waals surface area contributed by atoms with Crippen LogP contribution in [-0.4, -0.2) is 10.3 Å². The van der Waals surface area contributed by atoms with E-state index in [1.54, 1.807) is 4.74 Å². The van der Waals surface area contributed by atoms with E-state index in [0.29, 0.717) is 5.68 Å². The molecule has 0 aliphatic heterocycles. The van der Waals surface area contributed by atoms with Gasteiger partial charge in [0.05, 0.1) is 16.8 Å². The molecule has 0 spiro atoms. The molecular weight excluding hydrogens is 266 g/mol. The summed E-state index contributed by atoms with van der Waals surface area (Å²) in [7, 11) is 0. The molecule has 1 aromatic carbocycles. The van der Waals surface area contributed by atoms with E-state index in [1.807, 2.05) is 71.9 Å². The van der Waals surface area contributed by atoms with Crippen molar-refractivity contribution in [1.29, 1.82) is 0 Å². The summed E-state index contributed by atoms with van der Waals surface area (Å²) >= 11 is 0. The number of aromatic nitrogens is 1. The molecule has 1 aromatic heterocycles. The number of rotatable bonds is 1. The Morgan fingerprint density at radius 1 is 0.952 bits per heavy atom. The first kappa shape index (κ1) is 15.4. The van der Waals surface area contributed by atoms with E-state index in [9.17, 15) is 0 Å². The maximum Gasteiger partial charge on any atom is 0.422 e. The number of benzene rings is 1. The fraction of sp³-hybridized carbons (Fsp3) is 0.500. The molecule has 0 saturated carbocycles. The smallest absolute Gasteiger partial charge is 0.373 e. The number of hydrogen-bond acceptors (Lipinski definition) is 4. The Morgan fingerprint density at radius 2 is 1.57 bits per heavy atom. The molecule has 0 radical (unpaired) electrons. The van der Waals surface area contributed by atoms with Gasteiger partial charge in [-0.1, -0.05) is 18.2 Å². The number of para-hydroxylation sites is 1. The van der Waals surface area contributed by atoms with Gasteiger partial charge < -0.3 is 8.94 Å². The lowest BCUT2D eigenvalue weighted by Crippen LogP contribution is -2.33. The third-order valence-corrected chi connectivity index (χ3v) is 2.54. The minimum absolute atomic E-state index is 0.194. The predicted molar refractivity (Wildman–Crippen MR) is 80.9 cm³/mol. The van der Waals surface area contributed by atoms with Gasteiger partial charge in [0.15, 0.2) is 0 Å². The largest absolute Gasteiger partial charge is 0.422 e. The lowest BCUT2D eigenvalue weighted by atomic mass is 10.1. The van der Waals surface area contributed by atoms with E-state index in [0.717, 1.165) is 5.69 Å². The fourth-order valence-corrected chi connectivity index (χ4v) is 1.69. The molecule has 2 rings (SSSR count). The molecule has 0 unspecified atom stereocenters. The zero-order valence-corrected chi connectivity index (χ0v) is 13.5. The minimum Gasteiger partial charge on any atom is -0.373 e. The van der Waals surface area contributed by atoms with Crippen LogP contribution in [0.4, 0.5) is 5.69 Å². The van der Waals surface area contributed by atoms with Crippen LogP contribution in [-0.2, 0) is 5.54 Å². The van der Waals surface area contributed by atoms with Crippen molar-refractivity contribution in [1.82, 2.24) is 4.74 Å². The number of hydrogen-bond donors (Lipinski definition) is 0. The molecule has 0 fully saturated rings. The van der Waals surface area contributed by atoms with Gasteiger partial charge in [-0.25, -0.2) is 4.99 Å². The molecule has 5 nitrogen and oxygen atoms in total. The quantitative estimate of drug-likeness (QED) is 0.808. The van der Waals surface area contributed by atoms with Crippen molar-refractivity contribution in [2.45, 2.75) is 52.6 Å². The van der Waals surface area contributed by atoms with E-state index < -0.39 is 0 Å². The molecule has 0 amide bonds. The molecule has 0 aliphatic rings. The highest BCUT2D eigenvalue weighted by molar-refractivity contribution is 5.35. The van der Waals surface area contributed by atoms with Gasteiger partial charge in [0.2, 0.25) is 0 Å². The summed E-state index contributed by atoms with van der Waals surface area (Å²) in [6, 6.07) is 9.55. The van der Waals surface area contributed by atoms with Crippen LogP contribution in [0, 0.1) is 0 Å². The van der Waals surface area contributed by atoms with Gasteiger partial charge in [0.25, 0.3) is 0 Å². The van der Waals surface area contributed by atoms with Crippen molar-refractivity contribution in [2.75, 3.05) is 0 Å². The average Bonchev–Trinajstić information content (AvgIpc) is 2.70. The van der Waals surface area contributed by atoms with Crippen LogP contribution in [0.15, 0.2) is 49.3 Å². The van der Waals surface area contributed by atoms with Gasteiger partial charge in [-0.05, 0) is 53.7 Å². The van der Waals surface area contributed by atoms with Crippen LogP contribution >= 0.6 is 0 Å². The van der Waals surface area contributed by atoms with Crippen molar-refractivity contribution in [2.24, 2.45) is 9.98 Å². The normalized spacial score (nSPS) is 14.8. The Kier molecular flexibility index (Phi) is 3.94. The van der Waals surface area contributed by atoms with Gasteiger partial charge in [-0.3, -0.25) is 0 Å². The third kappa shape index (κ3) is 4.21. The van der Waals surface area contributed by atoms with Gasteiger partial charge in [0, 0.05) is 0 Å². The summed E-state index contributed by atoms with van der Waals surface area (Å²) in [5.74, 6) is 0.194. The predicted octanol–water partition coefficient (Wildman–Crippen LogP) is 3.36. The third-order valence-electron chi connectivity index (χ3n) is 2.54. The molecule has 0 N–H and O–H groups in total. The maximum atomic E-state index is 5.72. The SMILES string of the molecule is CC(C)(C)N=c1oc(=Nc2ccccc2)on1C(C)(C)C. The van der Waals surface area contributed by atoms with Crippen molar-refractivity contribution >= 4 is 5.69 Å². The highest BCUT2D eigenvalue weighted by Gasteiger charge is 2.21. The Balaban J connectivity index is 2.63. The van der Waals surface area contributed by atoms with E-state index in [4.69, 9.17) is 8.94 Å². The van der Waals surface area contributed by atoms with Crippen LogP contribution in [0.5, 0.6) is 0 Å². The maximum absolute atomic E-state index is 5.72. The zero-order chi connectivity index (χ0) is 15.7. The van der Waals surface area contributed by atoms with Crippen LogP contribution in [0.1, 0.15) is 41.5 Å². The van der Waals surface area contributed by atoms with Gasteiger partial charge in [-0.15, -0.1) is 4.74 Å². The Labute approximate surface area is 124 Å². The van der Waals surface area contributed by atoms with E-state index >= 15 is 0 Å². The molecule has 21 heavy (non-hydrogen) atoms. The zero-order valence-electron chi connectivity index (χ0n) is 13.5. The second-order valence-corrected chi connectivity index (χ2v) is 6.94. The van der Waals surface area contributed by atoms with Crippen molar-refractivity contribution in [3.63, 3.8) is 0 Å². The average molecular weight is 289 g/mol. The summed E-state index contributed by atoms with van der Waals surface area (Å²) in [5.41, 5.74) is 0.672. The van der Waals surface area contributed by atoms with Crippen LogP contribution in [0.25, 0.3) is 0 Å². The van der Waals surface area contributed by atoms with Crippen LogP contribution in [0.2, 0.25) is 0 Å². The first-order valence-electron chi connectivity index (χ1n) is 7.05. The van der Waals surface area contributed by atoms with Crippen LogP contribution in [0.3, 0.4) is 0 Å². The lowest BCUT2D eigenvalue weighted by Gasteiger charge is -2.17. The van der Waals surface area contributed by atoms with E-state index in [2.05, 4.69) is 9.98 Å². The van der Waals surface area contributed by atoms with E-state index in [1.165, 1.54) is 0 Å². The van der Waals surface area contributed by atoms with Crippen LogP contribution < -0.4 is 11.4 Å². The standard InChI is InChI=1S/C16H23N3O2/c1-15(2,3)18-13-19(16(4,5)6)21-14(20-13)17-12-10-8-7-9-11-12/h7-11H,1-6H3. The summed E-state index contributed by atoms with van der Waals surface area (Å²) in [6.07, 6.45) is 0. The molecule has 0 saturated heterocycles. The molecule has 0 bridgehead atoms. The minimum atomic E-state index is -0.280. The highest BCUT2D eigenvalue weighted by atomic mass is 16.6. The van der Waals surface area contributed by atoms with Crippen molar-refractivity contribution < 1.29 is 8.94 Å². The Bertz CT molecular complexity index is 720. The van der Waals surface area contributed by atoms with Crippen molar-refractivity contribution in [3.05, 3.63) is 41.8 Å². The van der Waals surface area contributed by atoms with Crippen molar-refractivity contribution in [3.8, 4) is 0 Å².